The molecule has 0 spiro atoms. The van der Waals surface area contributed by atoms with Crippen LogP contribution in [0.15, 0.2) is 42.7 Å². The number of hydrogen-bond acceptors (Lipinski definition) is 6. The Kier molecular flexibility index (Phi) is 5.98. The Hall–Kier alpha value is -3.42. The van der Waals surface area contributed by atoms with Gasteiger partial charge in [-0.2, -0.15) is 5.10 Å². The highest BCUT2D eigenvalue weighted by atomic mass is 16.5. The second-order valence-corrected chi connectivity index (χ2v) is 8.76. The fourth-order valence-corrected chi connectivity index (χ4v) is 5.01. The van der Waals surface area contributed by atoms with Gasteiger partial charge in [-0.25, -0.2) is 9.97 Å². The molecule has 1 atom stereocenters. The molecule has 2 aromatic heterocycles. The molecule has 4 heterocycles. The van der Waals surface area contributed by atoms with Gasteiger partial charge in [-0.3, -0.25) is 9.48 Å². The van der Waals surface area contributed by atoms with Crippen LogP contribution >= 0.6 is 0 Å². The Labute approximate surface area is 194 Å². The number of aromatic nitrogens is 4. The van der Waals surface area contributed by atoms with Crippen molar-refractivity contribution in [2.75, 3.05) is 25.1 Å². The highest BCUT2D eigenvalue weighted by Crippen LogP contribution is 2.35. The number of ether oxygens (including phenoxy) is 1. The average molecular weight is 447 g/mol. The van der Waals surface area contributed by atoms with Gasteiger partial charge in [0, 0.05) is 48.8 Å². The Bertz CT molecular complexity index is 1130. The molecule has 0 unspecified atom stereocenters. The summed E-state index contributed by atoms with van der Waals surface area (Å²) >= 11 is 0. The SMILES string of the molecule is COc1ccccc1CN1CCCc2c(C)nc([C@H]3CCCN3C(=O)Cn3cccn3)nc21. The lowest BCUT2D eigenvalue weighted by atomic mass is 10.0. The molecule has 1 aromatic carbocycles. The van der Waals surface area contributed by atoms with Crippen LogP contribution in [0.2, 0.25) is 0 Å². The van der Waals surface area contributed by atoms with Crippen LogP contribution in [0.5, 0.6) is 5.75 Å². The van der Waals surface area contributed by atoms with Gasteiger partial charge in [-0.1, -0.05) is 18.2 Å². The summed E-state index contributed by atoms with van der Waals surface area (Å²) in [6.07, 6.45) is 7.41. The van der Waals surface area contributed by atoms with Crippen LogP contribution in [0.1, 0.15) is 47.9 Å². The van der Waals surface area contributed by atoms with E-state index in [2.05, 4.69) is 23.0 Å². The zero-order chi connectivity index (χ0) is 22.8. The minimum absolute atomic E-state index is 0.0612. The molecule has 2 aliphatic heterocycles. The lowest BCUT2D eigenvalue weighted by molar-refractivity contribution is -0.133. The molecule has 172 valence electrons. The van der Waals surface area contributed by atoms with E-state index in [9.17, 15) is 4.79 Å². The second-order valence-electron chi connectivity index (χ2n) is 8.76. The van der Waals surface area contributed by atoms with Crippen molar-refractivity contribution in [2.45, 2.75) is 51.7 Å². The minimum Gasteiger partial charge on any atom is -0.496 e. The molecule has 1 amide bonds. The number of hydrogen-bond donors (Lipinski definition) is 0. The number of rotatable bonds is 6. The summed E-state index contributed by atoms with van der Waals surface area (Å²) < 4.78 is 7.25. The predicted molar refractivity (Wildman–Crippen MR) is 125 cm³/mol. The molecule has 1 fully saturated rings. The van der Waals surface area contributed by atoms with E-state index in [1.54, 1.807) is 18.0 Å². The largest absolute Gasteiger partial charge is 0.496 e. The third kappa shape index (κ3) is 4.29. The Balaban J connectivity index is 1.43. The first-order valence-corrected chi connectivity index (χ1v) is 11.6. The highest BCUT2D eigenvalue weighted by molar-refractivity contribution is 5.76. The molecule has 0 N–H and O–H groups in total. The van der Waals surface area contributed by atoms with E-state index in [-0.39, 0.29) is 18.5 Å². The number of nitrogens with zero attached hydrogens (tertiary/aromatic N) is 6. The van der Waals surface area contributed by atoms with Crippen molar-refractivity contribution in [1.29, 1.82) is 0 Å². The number of amides is 1. The first kappa shape index (κ1) is 21.4. The zero-order valence-electron chi connectivity index (χ0n) is 19.3. The van der Waals surface area contributed by atoms with Crippen molar-refractivity contribution in [3.8, 4) is 5.75 Å². The van der Waals surface area contributed by atoms with E-state index >= 15 is 0 Å². The molecule has 33 heavy (non-hydrogen) atoms. The number of likely N-dealkylation sites (tertiary alicyclic amines) is 1. The Morgan fingerprint density at radius 3 is 2.85 bits per heavy atom. The van der Waals surface area contributed by atoms with Crippen molar-refractivity contribution in [2.24, 2.45) is 0 Å². The first-order valence-electron chi connectivity index (χ1n) is 11.6. The van der Waals surface area contributed by atoms with Crippen LogP contribution in [0.3, 0.4) is 0 Å². The van der Waals surface area contributed by atoms with E-state index < -0.39 is 0 Å². The molecule has 8 nitrogen and oxygen atoms in total. The smallest absolute Gasteiger partial charge is 0.244 e. The van der Waals surface area contributed by atoms with Crippen molar-refractivity contribution in [3.63, 3.8) is 0 Å². The fraction of sp³-hybridized carbons (Fsp3) is 0.440. The molecule has 8 heteroatoms. The van der Waals surface area contributed by atoms with Gasteiger partial charge in [0.25, 0.3) is 0 Å². The number of methoxy groups -OCH3 is 1. The lowest BCUT2D eigenvalue weighted by Gasteiger charge is -2.33. The topological polar surface area (TPSA) is 76.4 Å². The monoisotopic (exact) mass is 446 g/mol. The van der Waals surface area contributed by atoms with Crippen LogP contribution < -0.4 is 9.64 Å². The summed E-state index contributed by atoms with van der Waals surface area (Å²) in [6, 6.07) is 9.88. The van der Waals surface area contributed by atoms with Crippen molar-refractivity contribution < 1.29 is 9.53 Å². The number of para-hydroxylation sites is 1. The summed E-state index contributed by atoms with van der Waals surface area (Å²) in [7, 11) is 1.71. The van der Waals surface area contributed by atoms with Gasteiger partial charge in [0.05, 0.1) is 13.2 Å². The quantitative estimate of drug-likeness (QED) is 0.578. The van der Waals surface area contributed by atoms with Crippen LogP contribution in [-0.4, -0.2) is 50.8 Å². The molecule has 3 aromatic rings. The van der Waals surface area contributed by atoms with Crippen LogP contribution in [0.4, 0.5) is 5.82 Å². The fourth-order valence-electron chi connectivity index (χ4n) is 5.01. The molecular weight excluding hydrogens is 416 g/mol. The Morgan fingerprint density at radius 2 is 2.03 bits per heavy atom. The van der Waals surface area contributed by atoms with Crippen molar-refractivity contribution in [1.82, 2.24) is 24.6 Å². The molecule has 0 radical (unpaired) electrons. The van der Waals surface area contributed by atoms with E-state index in [4.69, 9.17) is 14.7 Å². The predicted octanol–water partition coefficient (Wildman–Crippen LogP) is 3.31. The Morgan fingerprint density at radius 1 is 1.15 bits per heavy atom. The van der Waals surface area contributed by atoms with Crippen LogP contribution in [0.25, 0.3) is 0 Å². The molecule has 5 rings (SSSR count). The second kappa shape index (κ2) is 9.21. The van der Waals surface area contributed by atoms with E-state index in [1.165, 1.54) is 5.56 Å². The van der Waals surface area contributed by atoms with Gasteiger partial charge in [0.1, 0.15) is 18.1 Å². The molecule has 0 bridgehead atoms. The van der Waals surface area contributed by atoms with Gasteiger partial charge in [-0.05, 0) is 44.7 Å². The number of fused-ring (bicyclic) bond motifs is 1. The van der Waals surface area contributed by atoms with Gasteiger partial charge in [-0.15, -0.1) is 0 Å². The van der Waals surface area contributed by atoms with Crippen LogP contribution in [0, 0.1) is 6.92 Å². The molecule has 1 saturated heterocycles. The van der Waals surface area contributed by atoms with Gasteiger partial charge in [0.15, 0.2) is 5.82 Å². The number of carbonyl (C=O) groups is 1. The maximum Gasteiger partial charge on any atom is 0.244 e. The van der Waals surface area contributed by atoms with E-state index in [0.717, 1.165) is 74.0 Å². The van der Waals surface area contributed by atoms with Gasteiger partial charge < -0.3 is 14.5 Å². The first-order chi connectivity index (χ1) is 16.1. The summed E-state index contributed by atoms with van der Waals surface area (Å²) in [5.41, 5.74) is 3.38. The van der Waals surface area contributed by atoms with Crippen molar-refractivity contribution >= 4 is 11.7 Å². The van der Waals surface area contributed by atoms with E-state index in [1.807, 2.05) is 35.4 Å². The molecule has 0 aliphatic carbocycles. The maximum absolute atomic E-state index is 13.0. The number of carbonyl (C=O) groups excluding carboxylic acids is 1. The third-order valence-electron chi connectivity index (χ3n) is 6.65. The van der Waals surface area contributed by atoms with Crippen molar-refractivity contribution in [3.05, 3.63) is 65.4 Å². The number of aryl methyl sites for hydroxylation is 1. The minimum atomic E-state index is -0.0906. The summed E-state index contributed by atoms with van der Waals surface area (Å²) in [6.45, 7) is 4.72. The summed E-state index contributed by atoms with van der Waals surface area (Å²) in [5, 5.41) is 4.18. The average Bonchev–Trinajstić information content (AvgIpc) is 3.52. The molecule has 0 saturated carbocycles. The van der Waals surface area contributed by atoms with Gasteiger partial charge in [0.2, 0.25) is 5.91 Å². The highest BCUT2D eigenvalue weighted by Gasteiger charge is 2.34. The maximum atomic E-state index is 13.0. The summed E-state index contributed by atoms with van der Waals surface area (Å²) in [4.78, 5) is 27.3. The number of anilines is 1. The van der Waals surface area contributed by atoms with Crippen LogP contribution in [-0.2, 0) is 24.3 Å². The third-order valence-corrected chi connectivity index (χ3v) is 6.65. The molecule has 2 aliphatic rings. The van der Waals surface area contributed by atoms with E-state index in [0.29, 0.717) is 0 Å². The zero-order valence-corrected chi connectivity index (χ0v) is 19.3. The number of benzene rings is 1. The normalized spacial score (nSPS) is 17.8. The lowest BCUT2D eigenvalue weighted by Crippen LogP contribution is -2.36. The van der Waals surface area contributed by atoms with Gasteiger partial charge >= 0.3 is 0 Å². The molecular formula is C25H30N6O2. The summed E-state index contributed by atoms with van der Waals surface area (Å²) in [5.74, 6) is 2.71. The standard InChI is InChI=1S/C25H30N6O2/c1-18-20-9-5-13-29(16-19-8-3-4-11-22(19)33-2)25(20)28-24(27-18)21-10-6-15-31(21)23(32)17-30-14-7-12-26-30/h3-4,7-8,11-12,14,21H,5-6,9-10,13,15-17H2,1-2H3/t21-/m1/s1.